The summed E-state index contributed by atoms with van der Waals surface area (Å²) in [7, 11) is -9.46. The molecule has 0 saturated carbocycles. The lowest BCUT2D eigenvalue weighted by atomic mass is 10.0. The van der Waals surface area contributed by atoms with E-state index in [2.05, 4.69) is 12.6 Å². The van der Waals surface area contributed by atoms with Crippen molar-refractivity contribution in [1.29, 1.82) is 0 Å². The molecule has 1 unspecified atom stereocenters. The molecule has 0 aliphatic rings. The zero-order valence-corrected chi connectivity index (χ0v) is 14.4. The highest BCUT2D eigenvalue weighted by molar-refractivity contribution is 7.87. The van der Waals surface area contributed by atoms with Crippen LogP contribution in [0.5, 0.6) is 0 Å². The summed E-state index contributed by atoms with van der Waals surface area (Å²) in [6.45, 7) is 0. The fourth-order valence-corrected chi connectivity index (χ4v) is 4.11. The third-order valence-corrected chi connectivity index (χ3v) is 5.68. The zero-order valence-electron chi connectivity index (χ0n) is 11.9. The molecule has 0 heterocycles. The van der Waals surface area contributed by atoms with Gasteiger partial charge < -0.3 is 0 Å². The van der Waals surface area contributed by atoms with E-state index in [1.807, 2.05) is 0 Å². The first kappa shape index (κ1) is 18.6. The molecule has 2 rings (SSSR count). The SMILES string of the molecule is O=C(c1ccc(S)c(S(=O)(=O)O)c1)C(c1ccccc1)S(=O)(=O)O. The average molecular weight is 388 g/mol. The molecule has 128 valence electrons. The Morgan fingerprint density at radius 3 is 2.04 bits per heavy atom. The lowest BCUT2D eigenvalue weighted by Gasteiger charge is -2.14. The second-order valence-corrected chi connectivity index (χ2v) is 8.20. The maximum atomic E-state index is 12.5. The molecule has 1 atom stereocenters. The summed E-state index contributed by atoms with van der Waals surface area (Å²) in [5.74, 6) is -1.04. The topological polar surface area (TPSA) is 126 Å². The van der Waals surface area contributed by atoms with E-state index in [0.717, 1.165) is 18.2 Å². The van der Waals surface area contributed by atoms with E-state index in [-0.39, 0.29) is 16.0 Å². The van der Waals surface area contributed by atoms with Crippen LogP contribution >= 0.6 is 12.6 Å². The van der Waals surface area contributed by atoms with E-state index in [1.165, 1.54) is 24.3 Å². The van der Waals surface area contributed by atoms with Crippen LogP contribution in [-0.2, 0) is 20.2 Å². The summed E-state index contributed by atoms with van der Waals surface area (Å²) < 4.78 is 64.4. The molecule has 0 radical (unpaired) electrons. The molecule has 0 fully saturated rings. The average Bonchev–Trinajstić information content (AvgIpc) is 2.46. The molecule has 2 N–H and O–H groups in total. The van der Waals surface area contributed by atoms with E-state index in [4.69, 9.17) is 4.55 Å². The fourth-order valence-electron chi connectivity index (χ4n) is 2.11. The van der Waals surface area contributed by atoms with Crippen LogP contribution in [0.15, 0.2) is 58.3 Å². The largest absolute Gasteiger partial charge is 0.295 e. The van der Waals surface area contributed by atoms with Gasteiger partial charge in [-0.1, -0.05) is 36.4 Å². The Balaban J connectivity index is 2.61. The first-order valence-electron chi connectivity index (χ1n) is 6.38. The zero-order chi connectivity index (χ0) is 18.1. The molecule has 0 aliphatic heterocycles. The minimum absolute atomic E-state index is 0.0216. The van der Waals surface area contributed by atoms with Crippen LogP contribution in [0, 0.1) is 0 Å². The van der Waals surface area contributed by atoms with Crippen LogP contribution in [0.4, 0.5) is 0 Å². The van der Waals surface area contributed by atoms with Crippen LogP contribution in [-0.4, -0.2) is 31.7 Å². The van der Waals surface area contributed by atoms with Gasteiger partial charge in [-0.05, 0) is 17.7 Å². The molecular formula is C14H12O7S3. The van der Waals surface area contributed by atoms with Gasteiger partial charge in [0.15, 0.2) is 11.0 Å². The van der Waals surface area contributed by atoms with Crippen molar-refractivity contribution in [3.05, 3.63) is 59.7 Å². The normalized spacial score (nSPS) is 13.5. The molecule has 0 aromatic heterocycles. The third-order valence-electron chi connectivity index (χ3n) is 3.16. The van der Waals surface area contributed by atoms with Crippen molar-refractivity contribution < 1.29 is 30.7 Å². The summed E-state index contributed by atoms with van der Waals surface area (Å²) in [4.78, 5) is 11.8. The molecular weight excluding hydrogens is 376 g/mol. The number of hydrogen-bond acceptors (Lipinski definition) is 6. The van der Waals surface area contributed by atoms with E-state index in [1.54, 1.807) is 6.07 Å². The van der Waals surface area contributed by atoms with Gasteiger partial charge in [-0.25, -0.2) is 0 Å². The number of Topliss-reactive ketones (excluding diaryl/α,β-unsaturated/α-hetero) is 1. The molecule has 0 amide bonds. The van der Waals surface area contributed by atoms with Gasteiger partial charge in [0.2, 0.25) is 0 Å². The summed E-state index contributed by atoms with van der Waals surface area (Å²) in [6, 6.07) is 10.3. The monoisotopic (exact) mass is 388 g/mol. The van der Waals surface area contributed by atoms with Crippen molar-refractivity contribution in [3.8, 4) is 0 Å². The molecule has 7 nitrogen and oxygen atoms in total. The maximum Gasteiger partial charge on any atom is 0.295 e. The highest BCUT2D eigenvalue weighted by Crippen LogP contribution is 2.28. The van der Waals surface area contributed by atoms with Crippen LogP contribution < -0.4 is 0 Å². The molecule has 0 bridgehead atoms. The van der Waals surface area contributed by atoms with E-state index in [9.17, 15) is 26.2 Å². The van der Waals surface area contributed by atoms with Gasteiger partial charge in [0.05, 0.1) is 0 Å². The number of hydrogen-bond donors (Lipinski definition) is 3. The Bertz CT molecular complexity index is 980. The fraction of sp³-hybridized carbons (Fsp3) is 0.0714. The maximum absolute atomic E-state index is 12.5. The predicted octanol–water partition coefficient (Wildman–Crippen LogP) is 2.03. The number of carbonyl (C=O) groups excluding carboxylic acids is 1. The quantitative estimate of drug-likeness (QED) is 0.406. The first-order valence-corrected chi connectivity index (χ1v) is 9.77. The molecule has 24 heavy (non-hydrogen) atoms. The van der Waals surface area contributed by atoms with Gasteiger partial charge >= 0.3 is 0 Å². The van der Waals surface area contributed by atoms with Crippen LogP contribution in [0.3, 0.4) is 0 Å². The Kier molecular flexibility index (Phi) is 5.16. The summed E-state index contributed by atoms with van der Waals surface area (Å²) in [6.07, 6.45) is 0. The van der Waals surface area contributed by atoms with Crippen LogP contribution in [0.1, 0.15) is 21.2 Å². The van der Waals surface area contributed by atoms with Gasteiger partial charge in [-0.3, -0.25) is 13.9 Å². The second-order valence-electron chi connectivity index (χ2n) is 4.83. The lowest BCUT2D eigenvalue weighted by Crippen LogP contribution is -2.22. The number of benzene rings is 2. The standard InChI is InChI=1S/C14H12O7S3/c15-13(10-6-7-11(22)12(8-10)23(16,17)18)14(24(19,20)21)9-4-2-1-3-5-9/h1-8,14,22H,(H,16,17,18)(H,19,20,21). The predicted molar refractivity (Wildman–Crippen MR) is 88.6 cm³/mol. The van der Waals surface area contributed by atoms with E-state index in [0.29, 0.717) is 0 Å². The number of ketones is 1. The smallest absolute Gasteiger partial charge is 0.292 e. The highest BCUT2D eigenvalue weighted by atomic mass is 32.2. The molecule has 2 aromatic rings. The summed E-state index contributed by atoms with van der Waals surface area (Å²) in [5.41, 5.74) is -0.291. The number of rotatable bonds is 5. The van der Waals surface area contributed by atoms with Crippen molar-refractivity contribution in [3.63, 3.8) is 0 Å². The number of carbonyl (C=O) groups is 1. The second kappa shape index (κ2) is 6.65. The van der Waals surface area contributed by atoms with Gasteiger partial charge in [0.1, 0.15) is 4.90 Å². The minimum atomic E-state index is -4.80. The highest BCUT2D eigenvalue weighted by Gasteiger charge is 2.34. The minimum Gasteiger partial charge on any atom is -0.292 e. The van der Waals surface area contributed by atoms with Crippen molar-refractivity contribution in [1.82, 2.24) is 0 Å². The molecule has 10 heteroatoms. The van der Waals surface area contributed by atoms with Crippen molar-refractivity contribution >= 4 is 38.6 Å². The number of thiol groups is 1. The lowest BCUT2D eigenvalue weighted by molar-refractivity contribution is 0.0984. The Morgan fingerprint density at radius 2 is 1.54 bits per heavy atom. The Labute approximate surface area is 144 Å². The van der Waals surface area contributed by atoms with Crippen LogP contribution in [0.25, 0.3) is 0 Å². The van der Waals surface area contributed by atoms with E-state index < -0.39 is 36.2 Å². The van der Waals surface area contributed by atoms with Gasteiger partial charge in [0.25, 0.3) is 20.2 Å². The molecule has 0 saturated heterocycles. The molecule has 2 aromatic carbocycles. The van der Waals surface area contributed by atoms with Gasteiger partial charge in [-0.15, -0.1) is 12.6 Å². The molecule has 0 aliphatic carbocycles. The van der Waals surface area contributed by atoms with Crippen LogP contribution in [0.2, 0.25) is 0 Å². The van der Waals surface area contributed by atoms with Crippen molar-refractivity contribution in [2.45, 2.75) is 15.0 Å². The summed E-state index contributed by atoms with van der Waals surface area (Å²) >= 11 is 3.87. The first-order chi connectivity index (χ1) is 11.0. The summed E-state index contributed by atoms with van der Waals surface area (Å²) in [5, 5.41) is -1.92. The van der Waals surface area contributed by atoms with Crippen molar-refractivity contribution in [2.24, 2.45) is 0 Å². The van der Waals surface area contributed by atoms with Gasteiger partial charge in [0, 0.05) is 10.5 Å². The third kappa shape index (κ3) is 4.02. The Hall–Kier alpha value is -1.72. The van der Waals surface area contributed by atoms with Crippen molar-refractivity contribution in [2.75, 3.05) is 0 Å². The Morgan fingerprint density at radius 1 is 0.958 bits per heavy atom. The molecule has 0 spiro atoms. The van der Waals surface area contributed by atoms with E-state index >= 15 is 0 Å². The van der Waals surface area contributed by atoms with Gasteiger partial charge in [-0.2, -0.15) is 16.8 Å².